The monoisotopic (exact) mass is 362 g/mol. The Morgan fingerprint density at radius 2 is 1.50 bits per heavy atom. The van der Waals surface area contributed by atoms with Gasteiger partial charge in [0, 0.05) is 6.42 Å². The van der Waals surface area contributed by atoms with E-state index in [9.17, 15) is 0 Å². The maximum Gasteiger partial charge on any atom is 0.201 e. The predicted octanol–water partition coefficient (Wildman–Crippen LogP) is 7.00. The van der Waals surface area contributed by atoms with E-state index in [0.29, 0.717) is 16.6 Å². The zero-order valence-electron chi connectivity index (χ0n) is 15.0. The van der Waals surface area contributed by atoms with E-state index in [1.165, 1.54) is 18.4 Å². The number of halogens is 2. The Hall–Kier alpha value is 0.497. The Morgan fingerprint density at radius 3 is 1.82 bits per heavy atom. The van der Waals surface area contributed by atoms with Gasteiger partial charge in [0.1, 0.15) is 5.60 Å². The zero-order valence-corrected chi connectivity index (χ0v) is 17.5. The molecule has 4 heteroatoms. The lowest BCUT2D eigenvalue weighted by molar-refractivity contribution is 0.176. The van der Waals surface area contributed by atoms with Crippen LogP contribution >= 0.6 is 23.2 Å². The van der Waals surface area contributed by atoms with Crippen LogP contribution in [-0.2, 0) is 4.43 Å². The molecule has 0 unspecified atom stereocenters. The van der Waals surface area contributed by atoms with Crippen molar-refractivity contribution in [3.8, 4) is 0 Å². The van der Waals surface area contributed by atoms with E-state index < -0.39 is 18.3 Å². The zero-order chi connectivity index (χ0) is 16.8. The molecule has 1 nitrogen and oxygen atoms in total. The van der Waals surface area contributed by atoms with Gasteiger partial charge in [-0.3, -0.25) is 0 Å². The van der Waals surface area contributed by atoms with Crippen molar-refractivity contribution in [3.63, 3.8) is 0 Å². The molecule has 0 aliphatic heterocycles. The molecule has 2 rings (SSSR count). The van der Waals surface area contributed by atoms with Gasteiger partial charge in [0.05, 0.1) is 0 Å². The van der Waals surface area contributed by atoms with E-state index in [1.807, 2.05) is 0 Å². The molecule has 0 aromatic rings. The van der Waals surface area contributed by atoms with E-state index in [-0.39, 0.29) is 0 Å². The van der Waals surface area contributed by atoms with Crippen LogP contribution in [0.1, 0.15) is 73.6 Å². The fourth-order valence-electron chi connectivity index (χ4n) is 4.65. The minimum Gasteiger partial charge on any atom is -0.404 e. The highest BCUT2D eigenvalue weighted by atomic mass is 35.5. The molecule has 2 aliphatic rings. The summed E-state index contributed by atoms with van der Waals surface area (Å²) in [5.41, 5.74) is 2.64. The van der Waals surface area contributed by atoms with Crippen molar-refractivity contribution in [1.82, 2.24) is 0 Å². The lowest BCUT2D eigenvalue weighted by Crippen LogP contribution is -2.52. The summed E-state index contributed by atoms with van der Waals surface area (Å²) >= 11 is 13.3. The first-order chi connectivity index (χ1) is 10.1. The summed E-state index contributed by atoms with van der Waals surface area (Å²) in [7, 11) is -1.98. The van der Waals surface area contributed by atoms with E-state index >= 15 is 0 Å². The van der Waals surface area contributed by atoms with Gasteiger partial charge in [0.15, 0.2) is 4.33 Å². The van der Waals surface area contributed by atoms with Gasteiger partial charge in [-0.05, 0) is 47.9 Å². The van der Waals surface area contributed by atoms with Gasteiger partial charge in [-0.2, -0.15) is 0 Å². The summed E-state index contributed by atoms with van der Waals surface area (Å²) in [5, 5.41) is 0. The van der Waals surface area contributed by atoms with Gasteiger partial charge >= 0.3 is 0 Å². The molecular formula is C18H32Cl2OSi. The molecule has 0 N–H and O–H groups in total. The fourth-order valence-corrected chi connectivity index (χ4v) is 11.2. The van der Waals surface area contributed by atoms with Crippen molar-refractivity contribution >= 4 is 31.5 Å². The lowest BCUT2D eigenvalue weighted by atomic mass is 9.94. The summed E-state index contributed by atoms with van der Waals surface area (Å²) in [5.74, 6) is 0. The van der Waals surface area contributed by atoms with Crippen molar-refractivity contribution in [3.05, 3.63) is 11.6 Å². The van der Waals surface area contributed by atoms with E-state index in [1.54, 1.807) is 0 Å². The predicted molar refractivity (Wildman–Crippen MR) is 100 cm³/mol. The number of allylic oxidation sites excluding steroid dienone is 1. The number of alkyl halides is 2. The SMILES string of the molecule is CC(C)[Si](O[C@@]1(C2=CCCCC2)CC1(Cl)Cl)(C(C)C)C(C)C. The number of rotatable bonds is 6. The molecule has 0 bridgehead atoms. The molecule has 0 aromatic heterocycles. The van der Waals surface area contributed by atoms with E-state index in [2.05, 4.69) is 47.6 Å². The molecule has 1 saturated carbocycles. The summed E-state index contributed by atoms with van der Waals surface area (Å²) in [6.45, 7) is 13.9. The van der Waals surface area contributed by atoms with Crippen LogP contribution in [0.4, 0.5) is 0 Å². The smallest absolute Gasteiger partial charge is 0.201 e. The normalized spacial score (nSPS) is 28.4. The fraction of sp³-hybridized carbons (Fsp3) is 0.889. The summed E-state index contributed by atoms with van der Waals surface area (Å²) < 4.78 is 6.35. The largest absolute Gasteiger partial charge is 0.404 e. The third-order valence-electron chi connectivity index (χ3n) is 5.80. The second-order valence-corrected chi connectivity index (χ2v) is 15.0. The molecule has 0 saturated heterocycles. The Kier molecular flexibility index (Phi) is 5.50. The molecule has 2 aliphatic carbocycles. The van der Waals surface area contributed by atoms with Crippen LogP contribution in [0, 0.1) is 0 Å². The van der Waals surface area contributed by atoms with Crippen LogP contribution in [0.2, 0.25) is 16.6 Å². The topological polar surface area (TPSA) is 9.23 Å². The molecule has 0 aromatic carbocycles. The average Bonchev–Trinajstić information content (AvgIpc) is 2.98. The molecular weight excluding hydrogens is 331 g/mol. The van der Waals surface area contributed by atoms with Crippen LogP contribution in [0.25, 0.3) is 0 Å². The van der Waals surface area contributed by atoms with Gasteiger partial charge in [-0.25, -0.2) is 0 Å². The summed E-state index contributed by atoms with van der Waals surface area (Å²) in [6.07, 6.45) is 7.87. The van der Waals surface area contributed by atoms with Crippen LogP contribution < -0.4 is 0 Å². The molecule has 1 atom stereocenters. The first-order valence-electron chi connectivity index (χ1n) is 8.87. The van der Waals surface area contributed by atoms with Crippen LogP contribution in [0.3, 0.4) is 0 Å². The van der Waals surface area contributed by atoms with Crippen molar-refractivity contribution in [1.29, 1.82) is 0 Å². The number of hydrogen-bond donors (Lipinski definition) is 0. The van der Waals surface area contributed by atoms with Crippen molar-refractivity contribution < 1.29 is 4.43 Å². The van der Waals surface area contributed by atoms with Gasteiger partial charge in [-0.15, -0.1) is 0 Å². The molecule has 0 amide bonds. The molecule has 0 spiro atoms. The van der Waals surface area contributed by atoms with Gasteiger partial charge in [-0.1, -0.05) is 70.8 Å². The maximum absolute atomic E-state index is 7.08. The quantitative estimate of drug-likeness (QED) is 0.280. The Labute approximate surface area is 147 Å². The third kappa shape index (κ3) is 2.94. The standard InChI is InChI=1S/C18H32Cl2OSi/c1-13(2)22(14(3)4,15(5)6)21-17(12-18(17,19)20)16-10-8-7-9-11-16/h10,13-15H,7-9,11-12H2,1-6H3/t17-/m1/s1. The summed E-state index contributed by atoms with van der Waals surface area (Å²) in [6, 6.07) is 0. The second-order valence-electron chi connectivity index (χ2n) is 8.10. The van der Waals surface area contributed by atoms with Crippen molar-refractivity contribution in [2.24, 2.45) is 0 Å². The van der Waals surface area contributed by atoms with E-state index in [0.717, 1.165) is 19.3 Å². The van der Waals surface area contributed by atoms with Gasteiger partial charge in [0.2, 0.25) is 8.32 Å². The second kappa shape index (κ2) is 6.42. The molecule has 0 heterocycles. The first-order valence-corrected chi connectivity index (χ1v) is 11.8. The van der Waals surface area contributed by atoms with Gasteiger partial charge < -0.3 is 4.43 Å². The first kappa shape index (κ1) is 18.8. The van der Waals surface area contributed by atoms with Crippen molar-refractivity contribution in [2.75, 3.05) is 0 Å². The van der Waals surface area contributed by atoms with Crippen LogP contribution in [0.5, 0.6) is 0 Å². The van der Waals surface area contributed by atoms with E-state index in [4.69, 9.17) is 27.6 Å². The Morgan fingerprint density at radius 1 is 1.00 bits per heavy atom. The minimum absolute atomic E-state index is 0.401. The highest BCUT2D eigenvalue weighted by Crippen LogP contribution is 2.66. The molecule has 22 heavy (non-hydrogen) atoms. The minimum atomic E-state index is -1.98. The summed E-state index contributed by atoms with van der Waals surface area (Å²) in [4.78, 5) is 0. The lowest BCUT2D eigenvalue weighted by Gasteiger charge is -2.46. The van der Waals surface area contributed by atoms with Crippen LogP contribution in [0.15, 0.2) is 11.6 Å². The molecule has 128 valence electrons. The highest BCUT2D eigenvalue weighted by Gasteiger charge is 2.72. The number of hydrogen-bond acceptors (Lipinski definition) is 1. The Balaban J connectivity index is 2.40. The van der Waals surface area contributed by atoms with Crippen molar-refractivity contribution in [2.45, 2.75) is 100 Å². The molecule has 0 radical (unpaired) electrons. The van der Waals surface area contributed by atoms with Crippen LogP contribution in [-0.4, -0.2) is 18.3 Å². The highest BCUT2D eigenvalue weighted by molar-refractivity contribution is 6.78. The Bertz CT molecular complexity index is 421. The third-order valence-corrected chi connectivity index (χ3v) is 12.8. The molecule has 1 fully saturated rings. The maximum atomic E-state index is 7.08. The van der Waals surface area contributed by atoms with Gasteiger partial charge in [0.25, 0.3) is 0 Å². The average molecular weight is 363 g/mol.